The van der Waals surface area contributed by atoms with Gasteiger partial charge in [0.2, 0.25) is 5.91 Å². The van der Waals surface area contributed by atoms with Crippen molar-refractivity contribution in [2.24, 2.45) is 0 Å². The minimum atomic E-state index is -0.555. The van der Waals surface area contributed by atoms with E-state index >= 15 is 4.39 Å². The van der Waals surface area contributed by atoms with E-state index in [1.54, 1.807) is 12.1 Å². The number of piperidine rings is 1. The fourth-order valence-electron chi connectivity index (χ4n) is 4.36. The molecule has 0 bridgehead atoms. The third kappa shape index (κ3) is 5.37. The SMILES string of the molecule is [C-]#[N+]C(Cc1ccccc1)=C1CCN(c2ccc(N3C[C@H](CNC(C)=O)OC3=O)cc2F)CC1. The predicted molar refractivity (Wildman–Crippen MR) is 128 cm³/mol. The van der Waals surface area contributed by atoms with Crippen molar-refractivity contribution in [1.29, 1.82) is 0 Å². The second-order valence-electron chi connectivity index (χ2n) is 8.50. The molecule has 0 spiro atoms. The molecule has 8 heteroatoms. The maximum absolute atomic E-state index is 15.0. The Bertz CT molecular complexity index is 1130. The van der Waals surface area contributed by atoms with Crippen LogP contribution < -0.4 is 15.1 Å². The van der Waals surface area contributed by atoms with Crippen molar-refractivity contribution in [3.05, 3.63) is 82.6 Å². The van der Waals surface area contributed by atoms with Gasteiger partial charge in [0.05, 0.1) is 31.0 Å². The largest absolute Gasteiger partial charge is 0.442 e. The standard InChI is InChI=1S/C26H27FN4O3/c1-18(32)29-16-22-17-31(26(33)34-22)21-8-9-25(23(27)15-21)30-12-10-20(11-13-30)24(28-2)14-19-6-4-3-5-7-19/h3-9,15,22H,10-14,16-17H2,1H3,(H,29,32)/t22-/m0/s1. The second kappa shape index (κ2) is 10.4. The highest BCUT2D eigenvalue weighted by Gasteiger charge is 2.33. The molecule has 4 rings (SSSR count). The van der Waals surface area contributed by atoms with Crippen molar-refractivity contribution >= 4 is 23.4 Å². The number of halogens is 1. The van der Waals surface area contributed by atoms with Crippen molar-refractivity contribution in [1.82, 2.24) is 5.32 Å². The summed E-state index contributed by atoms with van der Waals surface area (Å²) < 4.78 is 20.3. The number of hydrogen-bond acceptors (Lipinski definition) is 4. The molecule has 2 aliphatic rings. The smallest absolute Gasteiger partial charge is 0.414 e. The summed E-state index contributed by atoms with van der Waals surface area (Å²) >= 11 is 0. The zero-order chi connectivity index (χ0) is 24.1. The summed E-state index contributed by atoms with van der Waals surface area (Å²) in [6.07, 6.45) is 1.03. The number of carbonyl (C=O) groups excluding carboxylic acids is 2. The second-order valence-corrected chi connectivity index (χ2v) is 8.50. The van der Waals surface area contributed by atoms with E-state index in [2.05, 4.69) is 10.2 Å². The Morgan fingerprint density at radius 2 is 1.94 bits per heavy atom. The number of benzene rings is 2. The Morgan fingerprint density at radius 3 is 2.59 bits per heavy atom. The van der Waals surface area contributed by atoms with Crippen LogP contribution in [0.1, 0.15) is 25.3 Å². The number of carbonyl (C=O) groups is 2. The number of hydrogen-bond donors (Lipinski definition) is 1. The topological polar surface area (TPSA) is 66.2 Å². The molecule has 0 radical (unpaired) electrons. The van der Waals surface area contributed by atoms with E-state index in [1.807, 2.05) is 35.2 Å². The van der Waals surface area contributed by atoms with Crippen LogP contribution >= 0.6 is 0 Å². The first-order chi connectivity index (χ1) is 16.4. The average Bonchev–Trinajstić information content (AvgIpc) is 3.22. The third-order valence-electron chi connectivity index (χ3n) is 6.16. The van der Waals surface area contributed by atoms with Gasteiger partial charge in [-0.25, -0.2) is 14.0 Å². The lowest BCUT2D eigenvalue weighted by Crippen LogP contribution is -2.33. The van der Waals surface area contributed by atoms with Crippen molar-refractivity contribution in [3.8, 4) is 0 Å². The molecule has 0 aliphatic carbocycles. The summed E-state index contributed by atoms with van der Waals surface area (Å²) in [5.41, 5.74) is 3.94. The molecule has 0 saturated carbocycles. The van der Waals surface area contributed by atoms with Gasteiger partial charge in [0.1, 0.15) is 11.9 Å². The number of nitrogens with one attached hydrogen (secondary N) is 1. The Balaban J connectivity index is 1.40. The average molecular weight is 463 g/mol. The lowest BCUT2D eigenvalue weighted by atomic mass is 9.97. The van der Waals surface area contributed by atoms with Gasteiger partial charge in [0.25, 0.3) is 0 Å². The van der Waals surface area contributed by atoms with E-state index in [0.717, 1.165) is 29.7 Å². The highest BCUT2D eigenvalue weighted by atomic mass is 19.1. The molecular weight excluding hydrogens is 435 g/mol. The van der Waals surface area contributed by atoms with Crippen LogP contribution in [0.15, 0.2) is 59.8 Å². The summed E-state index contributed by atoms with van der Waals surface area (Å²) in [4.78, 5) is 30.4. The van der Waals surface area contributed by atoms with Crippen LogP contribution in [0.5, 0.6) is 0 Å². The highest BCUT2D eigenvalue weighted by Crippen LogP contribution is 2.31. The van der Waals surface area contributed by atoms with E-state index in [0.29, 0.717) is 30.9 Å². The van der Waals surface area contributed by atoms with Gasteiger partial charge < -0.3 is 15.0 Å². The van der Waals surface area contributed by atoms with Gasteiger partial charge in [-0.3, -0.25) is 9.69 Å². The zero-order valence-corrected chi connectivity index (χ0v) is 19.1. The minimum Gasteiger partial charge on any atom is -0.442 e. The molecule has 2 aromatic rings. The number of anilines is 2. The lowest BCUT2D eigenvalue weighted by molar-refractivity contribution is -0.119. The molecule has 7 nitrogen and oxygen atoms in total. The van der Waals surface area contributed by atoms with Crippen LogP contribution in [-0.2, 0) is 16.0 Å². The first-order valence-corrected chi connectivity index (χ1v) is 11.3. The Morgan fingerprint density at radius 1 is 1.21 bits per heavy atom. The van der Waals surface area contributed by atoms with E-state index in [4.69, 9.17) is 11.3 Å². The summed E-state index contributed by atoms with van der Waals surface area (Å²) in [5, 5.41) is 2.63. The van der Waals surface area contributed by atoms with Crippen LogP contribution in [0.25, 0.3) is 4.85 Å². The Labute approximate surface area is 198 Å². The number of amides is 2. The molecule has 0 unspecified atom stereocenters. The van der Waals surface area contributed by atoms with Gasteiger partial charge in [0, 0.05) is 26.4 Å². The highest BCUT2D eigenvalue weighted by molar-refractivity contribution is 5.90. The van der Waals surface area contributed by atoms with E-state index in [-0.39, 0.29) is 19.0 Å². The fourth-order valence-corrected chi connectivity index (χ4v) is 4.36. The molecule has 2 fully saturated rings. The van der Waals surface area contributed by atoms with Gasteiger partial charge in [0.15, 0.2) is 5.70 Å². The molecule has 2 heterocycles. The van der Waals surface area contributed by atoms with Crippen LogP contribution in [0.4, 0.5) is 20.6 Å². The molecule has 2 aromatic carbocycles. The van der Waals surface area contributed by atoms with Crippen LogP contribution in [-0.4, -0.2) is 44.3 Å². The van der Waals surface area contributed by atoms with Crippen LogP contribution in [0.3, 0.4) is 0 Å². The zero-order valence-electron chi connectivity index (χ0n) is 19.1. The summed E-state index contributed by atoms with van der Waals surface area (Å²) in [7, 11) is 0. The van der Waals surface area contributed by atoms with E-state index in [9.17, 15) is 9.59 Å². The van der Waals surface area contributed by atoms with Crippen molar-refractivity contribution in [2.75, 3.05) is 36.0 Å². The van der Waals surface area contributed by atoms with Crippen molar-refractivity contribution in [3.63, 3.8) is 0 Å². The molecule has 2 aliphatic heterocycles. The van der Waals surface area contributed by atoms with Gasteiger partial charge in [-0.2, -0.15) is 0 Å². The number of ether oxygens (including phenoxy) is 1. The lowest BCUT2D eigenvalue weighted by Gasteiger charge is -2.31. The number of allylic oxidation sites excluding steroid dienone is 1. The van der Waals surface area contributed by atoms with Gasteiger partial charge >= 0.3 is 6.09 Å². The molecule has 34 heavy (non-hydrogen) atoms. The Hall–Kier alpha value is -3.86. The number of nitrogens with zero attached hydrogens (tertiary/aromatic N) is 3. The third-order valence-corrected chi connectivity index (χ3v) is 6.16. The van der Waals surface area contributed by atoms with Crippen LogP contribution in [0.2, 0.25) is 0 Å². The van der Waals surface area contributed by atoms with E-state index < -0.39 is 18.0 Å². The first kappa shape index (κ1) is 23.3. The van der Waals surface area contributed by atoms with Crippen molar-refractivity contribution in [2.45, 2.75) is 32.3 Å². The molecule has 0 aromatic heterocycles. The fraction of sp³-hybridized carbons (Fsp3) is 0.346. The molecule has 1 N–H and O–H groups in total. The maximum Gasteiger partial charge on any atom is 0.414 e. The van der Waals surface area contributed by atoms with Gasteiger partial charge in [-0.1, -0.05) is 41.5 Å². The minimum absolute atomic E-state index is 0.201. The normalized spacial score (nSPS) is 17.9. The predicted octanol–water partition coefficient (Wildman–Crippen LogP) is 4.30. The Kier molecular flexibility index (Phi) is 7.12. The van der Waals surface area contributed by atoms with Crippen molar-refractivity contribution < 1.29 is 18.7 Å². The maximum atomic E-state index is 15.0. The molecule has 2 amide bonds. The molecule has 1 atom stereocenters. The van der Waals surface area contributed by atoms with Crippen LogP contribution in [0, 0.1) is 12.4 Å². The number of cyclic esters (lactones) is 1. The summed E-state index contributed by atoms with van der Waals surface area (Å²) in [5.74, 6) is -0.606. The first-order valence-electron chi connectivity index (χ1n) is 11.3. The summed E-state index contributed by atoms with van der Waals surface area (Å²) in [6.45, 7) is 10.7. The molecule has 2 saturated heterocycles. The molecule has 176 valence electrons. The molecular formula is C26H27FN4O3. The number of rotatable bonds is 6. The van der Waals surface area contributed by atoms with Gasteiger partial charge in [-0.05, 0) is 31.0 Å². The quantitative estimate of drug-likeness (QED) is 0.650. The van der Waals surface area contributed by atoms with E-state index in [1.165, 1.54) is 17.9 Å². The monoisotopic (exact) mass is 462 g/mol. The van der Waals surface area contributed by atoms with Gasteiger partial charge in [-0.15, -0.1) is 0 Å². The summed E-state index contributed by atoms with van der Waals surface area (Å²) in [6, 6.07) is 14.7.